The van der Waals surface area contributed by atoms with Gasteiger partial charge in [-0.2, -0.15) is 0 Å². The lowest BCUT2D eigenvalue weighted by Crippen LogP contribution is -2.46. The number of halogens is 1. The summed E-state index contributed by atoms with van der Waals surface area (Å²) < 4.78 is 5.74. The molecule has 2 rings (SSSR count). The topological polar surface area (TPSA) is 61.8 Å². The summed E-state index contributed by atoms with van der Waals surface area (Å²) in [7, 11) is 3.36. The van der Waals surface area contributed by atoms with Crippen LogP contribution >= 0.6 is 15.9 Å². The van der Waals surface area contributed by atoms with Crippen molar-refractivity contribution in [3.05, 3.63) is 22.2 Å². The number of nitrogens with one attached hydrogen (secondary N) is 1. The number of phenols is 1. The summed E-state index contributed by atoms with van der Waals surface area (Å²) >= 11 is 3.31. The van der Waals surface area contributed by atoms with Crippen LogP contribution in [-0.2, 0) is 11.3 Å². The highest BCUT2D eigenvalue weighted by Gasteiger charge is 2.22. The third-order valence-electron chi connectivity index (χ3n) is 3.53. The zero-order valence-corrected chi connectivity index (χ0v) is 13.2. The van der Waals surface area contributed by atoms with Gasteiger partial charge in [0, 0.05) is 32.6 Å². The van der Waals surface area contributed by atoms with Crippen LogP contribution in [0.25, 0.3) is 0 Å². The lowest BCUT2D eigenvalue weighted by molar-refractivity contribution is -0.132. The number of aromatic hydroxyl groups is 1. The molecule has 1 heterocycles. The Morgan fingerprint density at radius 1 is 1.55 bits per heavy atom. The van der Waals surface area contributed by atoms with Crippen molar-refractivity contribution >= 4 is 21.8 Å². The van der Waals surface area contributed by atoms with Crippen LogP contribution in [0.2, 0.25) is 0 Å². The third-order valence-corrected chi connectivity index (χ3v) is 4.13. The van der Waals surface area contributed by atoms with Crippen molar-refractivity contribution < 1.29 is 14.6 Å². The average Bonchev–Trinajstić information content (AvgIpc) is 2.43. The summed E-state index contributed by atoms with van der Waals surface area (Å²) in [6.45, 7) is 1.40. The van der Waals surface area contributed by atoms with Gasteiger partial charge in [-0.25, -0.2) is 0 Å². The Balaban J connectivity index is 1.97. The Bertz CT molecular complexity index is 507. The second-order valence-corrected chi connectivity index (χ2v) is 5.87. The number of ether oxygens (including phenoxy) is 1. The van der Waals surface area contributed by atoms with Crippen LogP contribution in [0.1, 0.15) is 18.4 Å². The smallest absolute Gasteiger partial charge is 0.222 e. The Hall–Kier alpha value is -1.27. The van der Waals surface area contributed by atoms with Gasteiger partial charge >= 0.3 is 0 Å². The molecule has 1 amide bonds. The molecule has 1 unspecified atom stereocenters. The van der Waals surface area contributed by atoms with E-state index in [4.69, 9.17) is 4.74 Å². The maximum atomic E-state index is 11.4. The molecule has 0 bridgehead atoms. The molecule has 1 aliphatic heterocycles. The number of carbonyl (C=O) groups is 1. The van der Waals surface area contributed by atoms with Crippen LogP contribution in [0.15, 0.2) is 16.6 Å². The predicted molar refractivity (Wildman–Crippen MR) is 79.9 cm³/mol. The fourth-order valence-electron chi connectivity index (χ4n) is 2.33. The number of phenolic OH excluding ortho intramolecular Hbond substituents is 1. The Morgan fingerprint density at radius 2 is 2.30 bits per heavy atom. The van der Waals surface area contributed by atoms with Crippen molar-refractivity contribution in [3.8, 4) is 11.5 Å². The minimum Gasteiger partial charge on any atom is -0.503 e. The van der Waals surface area contributed by atoms with E-state index in [1.54, 1.807) is 4.90 Å². The minimum absolute atomic E-state index is 0.110. The highest BCUT2D eigenvalue weighted by atomic mass is 79.9. The first-order chi connectivity index (χ1) is 9.51. The lowest BCUT2D eigenvalue weighted by Gasteiger charge is -2.30. The Kier molecular flexibility index (Phi) is 4.88. The maximum absolute atomic E-state index is 11.4. The monoisotopic (exact) mass is 342 g/mol. The van der Waals surface area contributed by atoms with Crippen molar-refractivity contribution in [1.82, 2.24) is 10.2 Å². The van der Waals surface area contributed by atoms with Crippen molar-refractivity contribution in [2.24, 2.45) is 0 Å². The van der Waals surface area contributed by atoms with Gasteiger partial charge in [0.05, 0.1) is 11.6 Å². The first-order valence-corrected chi connectivity index (χ1v) is 7.33. The Morgan fingerprint density at radius 3 is 2.95 bits per heavy atom. The van der Waals surface area contributed by atoms with Crippen molar-refractivity contribution in [2.45, 2.75) is 25.4 Å². The van der Waals surface area contributed by atoms with Gasteiger partial charge in [0.25, 0.3) is 0 Å². The van der Waals surface area contributed by atoms with Gasteiger partial charge < -0.3 is 20.1 Å². The van der Waals surface area contributed by atoms with Crippen LogP contribution in [-0.4, -0.2) is 42.7 Å². The molecule has 110 valence electrons. The molecule has 5 nitrogen and oxygen atoms in total. The van der Waals surface area contributed by atoms with Gasteiger partial charge in [-0.05, 0) is 40.0 Å². The maximum Gasteiger partial charge on any atom is 0.222 e. The number of hydrogen-bond acceptors (Lipinski definition) is 4. The third kappa shape index (κ3) is 3.43. The largest absolute Gasteiger partial charge is 0.503 e. The first kappa shape index (κ1) is 15.1. The highest BCUT2D eigenvalue weighted by molar-refractivity contribution is 9.10. The molecule has 0 radical (unpaired) electrons. The van der Waals surface area contributed by atoms with Crippen LogP contribution < -0.4 is 10.1 Å². The van der Waals surface area contributed by atoms with E-state index in [0.29, 0.717) is 29.2 Å². The molecule has 0 aliphatic carbocycles. The summed E-state index contributed by atoms with van der Waals surface area (Å²) in [6.07, 6.45) is 1.45. The number of nitrogens with zero attached hydrogens (tertiary/aromatic N) is 1. The molecule has 1 aromatic carbocycles. The summed E-state index contributed by atoms with van der Waals surface area (Å²) in [5, 5.41) is 13.2. The molecule has 1 saturated heterocycles. The number of hydrogen-bond donors (Lipinski definition) is 2. The number of benzene rings is 1. The predicted octanol–water partition coefficient (Wildman–Crippen LogP) is 1.87. The van der Waals surface area contributed by atoms with Gasteiger partial charge in [0.2, 0.25) is 5.91 Å². The van der Waals surface area contributed by atoms with E-state index >= 15 is 0 Å². The fraction of sp³-hybridized carbons (Fsp3) is 0.500. The molecule has 0 saturated carbocycles. The van der Waals surface area contributed by atoms with Gasteiger partial charge in [-0.1, -0.05) is 0 Å². The zero-order valence-electron chi connectivity index (χ0n) is 11.6. The molecule has 1 atom stereocenters. The van der Waals surface area contributed by atoms with E-state index in [-0.39, 0.29) is 11.7 Å². The van der Waals surface area contributed by atoms with Crippen molar-refractivity contribution in [3.63, 3.8) is 0 Å². The molecule has 1 fully saturated rings. The highest BCUT2D eigenvalue weighted by Crippen LogP contribution is 2.35. The Labute approximate surface area is 127 Å². The molecule has 6 heteroatoms. The molecular weight excluding hydrogens is 324 g/mol. The molecule has 20 heavy (non-hydrogen) atoms. The first-order valence-electron chi connectivity index (χ1n) is 6.54. The quantitative estimate of drug-likeness (QED) is 0.876. The molecule has 0 spiro atoms. The number of rotatable bonds is 4. The average molecular weight is 343 g/mol. The van der Waals surface area contributed by atoms with Crippen LogP contribution in [0.4, 0.5) is 0 Å². The molecular formula is C14H19BrN2O3. The van der Waals surface area contributed by atoms with E-state index in [9.17, 15) is 9.90 Å². The van der Waals surface area contributed by atoms with E-state index < -0.39 is 0 Å². The molecule has 0 aromatic heterocycles. The zero-order chi connectivity index (χ0) is 14.7. The molecule has 2 N–H and O–H groups in total. The number of likely N-dealkylation sites (N-methyl/N-ethyl adjacent to an activating group) is 1. The van der Waals surface area contributed by atoms with Gasteiger partial charge in [-0.3, -0.25) is 4.79 Å². The van der Waals surface area contributed by atoms with Gasteiger partial charge in [0.15, 0.2) is 11.5 Å². The second-order valence-electron chi connectivity index (χ2n) is 5.02. The van der Waals surface area contributed by atoms with E-state index in [1.807, 2.05) is 19.2 Å². The summed E-state index contributed by atoms with van der Waals surface area (Å²) in [5.74, 6) is 0.767. The molecule has 1 aromatic rings. The lowest BCUT2D eigenvalue weighted by atomic mass is 10.1. The van der Waals surface area contributed by atoms with E-state index in [0.717, 1.165) is 18.5 Å². The second kappa shape index (κ2) is 6.45. The van der Waals surface area contributed by atoms with Crippen LogP contribution in [0, 0.1) is 0 Å². The van der Waals surface area contributed by atoms with Crippen molar-refractivity contribution in [2.75, 3.05) is 20.7 Å². The van der Waals surface area contributed by atoms with Gasteiger partial charge in [0.1, 0.15) is 0 Å². The standard InChI is InChI=1S/C14H19BrN2O3/c1-17-8-10(3-4-13(17)18)16-7-9-5-11(15)14(19)12(6-9)20-2/h5-6,10,16,19H,3-4,7-8H2,1-2H3. The number of carbonyl (C=O) groups excluding carboxylic acids is 1. The van der Waals surface area contributed by atoms with Crippen LogP contribution in [0.3, 0.4) is 0 Å². The van der Waals surface area contributed by atoms with Gasteiger partial charge in [-0.15, -0.1) is 0 Å². The summed E-state index contributed by atoms with van der Waals surface area (Å²) in [6, 6.07) is 3.98. The normalized spacial score (nSPS) is 19.2. The summed E-state index contributed by atoms with van der Waals surface area (Å²) in [5.41, 5.74) is 1.02. The number of amides is 1. The SMILES string of the molecule is COc1cc(CNC2CCC(=O)N(C)C2)cc(Br)c1O. The number of methoxy groups -OCH3 is 1. The van der Waals surface area contributed by atoms with E-state index in [2.05, 4.69) is 21.2 Å². The van der Waals surface area contributed by atoms with Crippen LogP contribution in [0.5, 0.6) is 11.5 Å². The summed E-state index contributed by atoms with van der Waals surface area (Å²) in [4.78, 5) is 13.2. The number of likely N-dealkylation sites (tertiary alicyclic amines) is 1. The van der Waals surface area contributed by atoms with E-state index in [1.165, 1.54) is 7.11 Å². The minimum atomic E-state index is 0.110. The van der Waals surface area contributed by atoms with Crippen molar-refractivity contribution in [1.29, 1.82) is 0 Å². The fourth-order valence-corrected chi connectivity index (χ4v) is 2.82. The molecule has 1 aliphatic rings. The number of piperidine rings is 1.